The minimum atomic E-state index is -0.377. The Bertz CT molecular complexity index is 1540. The Morgan fingerprint density at radius 2 is 1.94 bits per heavy atom. The van der Waals surface area contributed by atoms with Crippen LogP contribution in [0.15, 0.2) is 59.0 Å². The van der Waals surface area contributed by atoms with E-state index in [9.17, 15) is 14.4 Å². The number of nitriles is 1. The normalized spacial score (nSPS) is 14.2. The molecule has 0 atom stereocenters. The maximum absolute atomic E-state index is 14.4. The standard InChI is InChI=1S/C26H20ClFN6O2/c1-16-14-36-24(32-16)10-17(13-29)26(35)34-8-6-33(7-9-34)25-20-11-21(27)19(12-23(20)30-15-31-25)18-4-2-3-5-22(18)28/h2-5,10-12,14-15H,6-9H2,1H3/b17-10+. The molecule has 1 aliphatic heterocycles. The SMILES string of the molecule is Cc1coc(/C=C(\C#N)C(=O)N2CCN(c3ncnc4cc(-c5ccccc5F)c(Cl)cc34)CC2)n1. The third kappa shape index (κ3) is 4.51. The van der Waals surface area contributed by atoms with Gasteiger partial charge in [-0.2, -0.15) is 5.26 Å². The number of piperazine rings is 1. The third-order valence-corrected chi connectivity index (χ3v) is 6.30. The molecule has 5 rings (SSSR count). The maximum atomic E-state index is 14.4. The summed E-state index contributed by atoms with van der Waals surface area (Å²) in [4.78, 5) is 29.5. The maximum Gasteiger partial charge on any atom is 0.264 e. The van der Waals surface area contributed by atoms with Crippen LogP contribution in [0.5, 0.6) is 0 Å². The number of amides is 1. The van der Waals surface area contributed by atoms with Gasteiger partial charge in [-0.25, -0.2) is 19.3 Å². The number of benzene rings is 2. The van der Waals surface area contributed by atoms with Gasteiger partial charge in [0.15, 0.2) is 0 Å². The Morgan fingerprint density at radius 1 is 1.17 bits per heavy atom. The van der Waals surface area contributed by atoms with Crippen LogP contribution in [-0.2, 0) is 4.79 Å². The number of hydrogen-bond acceptors (Lipinski definition) is 7. The van der Waals surface area contributed by atoms with Crippen molar-refractivity contribution in [1.29, 1.82) is 5.26 Å². The van der Waals surface area contributed by atoms with E-state index in [1.807, 2.05) is 11.0 Å². The van der Waals surface area contributed by atoms with Gasteiger partial charge in [0.2, 0.25) is 5.89 Å². The summed E-state index contributed by atoms with van der Waals surface area (Å²) in [6.45, 7) is 3.56. The number of fused-ring (bicyclic) bond motifs is 1. The van der Waals surface area contributed by atoms with Crippen LogP contribution in [0.25, 0.3) is 28.1 Å². The predicted octanol–water partition coefficient (Wildman–Crippen LogP) is 4.64. The molecule has 0 aliphatic carbocycles. The van der Waals surface area contributed by atoms with Gasteiger partial charge in [-0.3, -0.25) is 4.79 Å². The van der Waals surface area contributed by atoms with Crippen molar-refractivity contribution in [3.8, 4) is 17.2 Å². The first-order valence-corrected chi connectivity index (χ1v) is 11.6. The molecule has 36 heavy (non-hydrogen) atoms. The lowest BCUT2D eigenvalue weighted by Gasteiger charge is -2.35. The molecule has 10 heteroatoms. The molecule has 0 N–H and O–H groups in total. The summed E-state index contributed by atoms with van der Waals surface area (Å²) in [5.74, 6) is 0.159. The van der Waals surface area contributed by atoms with Crippen molar-refractivity contribution in [3.63, 3.8) is 0 Å². The van der Waals surface area contributed by atoms with Crippen LogP contribution in [0, 0.1) is 24.1 Å². The van der Waals surface area contributed by atoms with Crippen LogP contribution in [0.4, 0.5) is 10.2 Å². The van der Waals surface area contributed by atoms with E-state index >= 15 is 0 Å². The molecule has 0 radical (unpaired) electrons. The first kappa shape index (κ1) is 23.5. The van der Waals surface area contributed by atoms with Crippen molar-refractivity contribution in [2.75, 3.05) is 31.1 Å². The fourth-order valence-corrected chi connectivity index (χ4v) is 4.46. The summed E-state index contributed by atoms with van der Waals surface area (Å²) in [6, 6.07) is 11.9. The summed E-state index contributed by atoms with van der Waals surface area (Å²) in [5.41, 5.74) is 2.22. The van der Waals surface area contributed by atoms with E-state index in [1.54, 1.807) is 42.2 Å². The molecule has 0 unspecified atom stereocenters. The highest BCUT2D eigenvalue weighted by Gasteiger charge is 2.26. The van der Waals surface area contributed by atoms with Crippen LogP contribution >= 0.6 is 11.6 Å². The van der Waals surface area contributed by atoms with E-state index in [1.165, 1.54) is 24.7 Å². The molecule has 1 saturated heterocycles. The molecule has 0 bridgehead atoms. The van der Waals surface area contributed by atoms with E-state index in [-0.39, 0.29) is 23.2 Å². The minimum Gasteiger partial charge on any atom is -0.445 e. The van der Waals surface area contributed by atoms with E-state index in [0.29, 0.717) is 59.4 Å². The van der Waals surface area contributed by atoms with Gasteiger partial charge in [0.05, 0.1) is 11.2 Å². The van der Waals surface area contributed by atoms with Gasteiger partial charge in [-0.05, 0) is 25.1 Å². The van der Waals surface area contributed by atoms with E-state index in [2.05, 4.69) is 15.0 Å². The van der Waals surface area contributed by atoms with E-state index in [0.717, 1.165) is 5.39 Å². The van der Waals surface area contributed by atoms with Crippen molar-refractivity contribution in [2.24, 2.45) is 0 Å². The molecule has 1 aliphatic rings. The lowest BCUT2D eigenvalue weighted by molar-refractivity contribution is -0.126. The zero-order valence-corrected chi connectivity index (χ0v) is 20.0. The van der Waals surface area contributed by atoms with Gasteiger partial charge in [0.1, 0.15) is 35.9 Å². The van der Waals surface area contributed by atoms with Crippen molar-refractivity contribution in [2.45, 2.75) is 6.92 Å². The summed E-state index contributed by atoms with van der Waals surface area (Å²) >= 11 is 6.56. The van der Waals surface area contributed by atoms with Crippen LogP contribution in [0.1, 0.15) is 11.6 Å². The average Bonchev–Trinajstić information content (AvgIpc) is 3.31. The number of oxazole rings is 1. The number of carbonyl (C=O) groups excluding carboxylic acids is 1. The molecule has 180 valence electrons. The van der Waals surface area contributed by atoms with E-state index in [4.69, 9.17) is 16.0 Å². The average molecular weight is 503 g/mol. The van der Waals surface area contributed by atoms with Gasteiger partial charge in [-0.15, -0.1) is 0 Å². The fourth-order valence-electron chi connectivity index (χ4n) is 4.20. The van der Waals surface area contributed by atoms with Gasteiger partial charge in [0, 0.05) is 53.8 Å². The zero-order chi connectivity index (χ0) is 25.2. The molecule has 0 spiro atoms. The highest BCUT2D eigenvalue weighted by atomic mass is 35.5. The molecular weight excluding hydrogens is 483 g/mol. The molecule has 8 nitrogen and oxygen atoms in total. The summed E-state index contributed by atoms with van der Waals surface area (Å²) in [6.07, 6.45) is 4.28. The van der Waals surface area contributed by atoms with Gasteiger partial charge < -0.3 is 14.2 Å². The largest absolute Gasteiger partial charge is 0.445 e. The molecule has 0 saturated carbocycles. The molecule has 1 fully saturated rings. The molecule has 1 amide bonds. The topological polar surface area (TPSA) is 99.2 Å². The Labute approximate surface area is 211 Å². The summed E-state index contributed by atoms with van der Waals surface area (Å²) in [5, 5.41) is 10.6. The quantitative estimate of drug-likeness (QED) is 0.296. The number of halogens is 2. The lowest BCUT2D eigenvalue weighted by Crippen LogP contribution is -2.49. The van der Waals surface area contributed by atoms with Crippen LogP contribution in [-0.4, -0.2) is 51.9 Å². The van der Waals surface area contributed by atoms with Gasteiger partial charge in [-0.1, -0.05) is 29.8 Å². The second kappa shape index (κ2) is 9.76. The highest BCUT2D eigenvalue weighted by molar-refractivity contribution is 6.34. The van der Waals surface area contributed by atoms with Gasteiger partial charge >= 0.3 is 0 Å². The second-order valence-corrected chi connectivity index (χ2v) is 8.71. The smallest absolute Gasteiger partial charge is 0.264 e. The van der Waals surface area contributed by atoms with Crippen molar-refractivity contribution >= 4 is 40.3 Å². The van der Waals surface area contributed by atoms with Crippen LogP contribution < -0.4 is 4.90 Å². The fraction of sp³-hybridized carbons (Fsp3) is 0.192. The number of aryl methyl sites for hydroxylation is 1. The number of hydrogen-bond donors (Lipinski definition) is 0. The highest BCUT2D eigenvalue weighted by Crippen LogP contribution is 2.35. The Balaban J connectivity index is 1.37. The second-order valence-electron chi connectivity index (χ2n) is 8.30. The first-order chi connectivity index (χ1) is 17.4. The van der Waals surface area contributed by atoms with Crippen molar-refractivity contribution in [1.82, 2.24) is 19.9 Å². The lowest BCUT2D eigenvalue weighted by atomic mass is 10.0. The molecule has 2 aromatic carbocycles. The number of anilines is 1. The van der Waals surface area contributed by atoms with Gasteiger partial charge in [0.25, 0.3) is 5.91 Å². The van der Waals surface area contributed by atoms with Crippen LogP contribution in [0.2, 0.25) is 5.02 Å². The van der Waals surface area contributed by atoms with Crippen LogP contribution in [0.3, 0.4) is 0 Å². The predicted molar refractivity (Wildman–Crippen MR) is 134 cm³/mol. The molecular formula is C26H20ClFN6O2. The van der Waals surface area contributed by atoms with E-state index < -0.39 is 0 Å². The molecule has 2 aromatic heterocycles. The Kier molecular flexibility index (Phi) is 6.36. The number of nitrogens with zero attached hydrogens (tertiary/aromatic N) is 6. The van der Waals surface area contributed by atoms with Crippen molar-refractivity contribution in [3.05, 3.63) is 77.0 Å². The summed E-state index contributed by atoms with van der Waals surface area (Å²) in [7, 11) is 0. The Morgan fingerprint density at radius 3 is 2.64 bits per heavy atom. The monoisotopic (exact) mass is 502 g/mol. The number of aromatic nitrogens is 3. The number of carbonyl (C=O) groups is 1. The first-order valence-electron chi connectivity index (χ1n) is 11.2. The zero-order valence-electron chi connectivity index (χ0n) is 19.3. The molecule has 4 aromatic rings. The summed E-state index contributed by atoms with van der Waals surface area (Å²) < 4.78 is 19.6. The number of rotatable bonds is 4. The minimum absolute atomic E-state index is 0.0368. The Hall–Kier alpha value is -4.29. The third-order valence-electron chi connectivity index (χ3n) is 5.99. The van der Waals surface area contributed by atoms with Crippen molar-refractivity contribution < 1.29 is 13.6 Å². The molecule has 3 heterocycles.